The van der Waals surface area contributed by atoms with Crippen molar-refractivity contribution >= 4 is 6.09 Å². The number of nitrogens with two attached hydrogens (primary N) is 1. The van der Waals surface area contributed by atoms with Crippen LogP contribution >= 0.6 is 0 Å². The van der Waals surface area contributed by atoms with E-state index in [9.17, 15) is 8.78 Å². The van der Waals surface area contributed by atoms with E-state index in [0.717, 1.165) is 0 Å². The predicted molar refractivity (Wildman–Crippen MR) is 33.8 cm³/mol. The molecule has 1 amide bonds. The minimum Gasteiger partial charge on any atom is -0.465 e. The van der Waals surface area contributed by atoms with Gasteiger partial charge in [-0.05, 0) is 13.2 Å². The summed E-state index contributed by atoms with van der Waals surface area (Å²) in [6.45, 7) is 5.21. The molecule has 64 valence electrons. The Labute approximate surface area is 61.6 Å². The van der Waals surface area contributed by atoms with E-state index in [-0.39, 0.29) is 0 Å². The number of amides is 1. The lowest BCUT2D eigenvalue weighted by Crippen LogP contribution is -2.03. The standard InChI is InChI=1S/C4H4F2O.CH3NO2/c1-3(5)7-4(2)6;2-1(3)4/h1-2H2;2H2,(H,3,4). The van der Waals surface area contributed by atoms with Gasteiger partial charge >= 0.3 is 6.09 Å². The maximum Gasteiger partial charge on any atom is 0.402 e. The average molecular weight is 167 g/mol. The van der Waals surface area contributed by atoms with Gasteiger partial charge in [0.1, 0.15) is 0 Å². The molecule has 0 aromatic rings. The van der Waals surface area contributed by atoms with E-state index in [4.69, 9.17) is 9.90 Å². The zero-order valence-electron chi connectivity index (χ0n) is 5.51. The third-order valence-electron chi connectivity index (χ3n) is 0.221. The van der Waals surface area contributed by atoms with Crippen molar-refractivity contribution in [2.75, 3.05) is 0 Å². The van der Waals surface area contributed by atoms with E-state index in [1.807, 2.05) is 0 Å². The second kappa shape index (κ2) is 6.53. The van der Waals surface area contributed by atoms with Crippen LogP contribution in [0.4, 0.5) is 13.6 Å². The molecule has 0 heterocycles. The molecule has 0 saturated carbocycles. The Kier molecular flexibility index (Phi) is 7.19. The highest BCUT2D eigenvalue weighted by Crippen LogP contribution is 2.02. The number of primary amides is 1. The third-order valence-corrected chi connectivity index (χ3v) is 0.221. The maximum atomic E-state index is 11.2. The van der Waals surface area contributed by atoms with Crippen LogP contribution in [0.25, 0.3) is 0 Å². The Morgan fingerprint density at radius 3 is 1.55 bits per heavy atom. The van der Waals surface area contributed by atoms with Crippen LogP contribution in [0.3, 0.4) is 0 Å². The molecule has 0 fully saturated rings. The smallest absolute Gasteiger partial charge is 0.402 e. The number of hydrogen-bond donors (Lipinski definition) is 2. The molecule has 0 aliphatic rings. The van der Waals surface area contributed by atoms with Gasteiger partial charge in [-0.1, -0.05) is 0 Å². The number of ether oxygens (including phenoxy) is 1. The summed E-state index contributed by atoms with van der Waals surface area (Å²) in [5, 5.41) is 7.19. The highest BCUT2D eigenvalue weighted by molar-refractivity contribution is 5.61. The lowest BCUT2D eigenvalue weighted by Gasteiger charge is -1.90. The topological polar surface area (TPSA) is 72.5 Å². The fourth-order valence-corrected chi connectivity index (χ4v) is 0.120. The maximum absolute atomic E-state index is 11.2. The molecule has 0 radical (unpaired) electrons. The van der Waals surface area contributed by atoms with Gasteiger partial charge in [-0.25, -0.2) is 4.79 Å². The molecular formula is C5H7F2NO3. The lowest BCUT2D eigenvalue weighted by atomic mass is 11.0. The largest absolute Gasteiger partial charge is 0.465 e. The molecule has 0 aliphatic carbocycles. The van der Waals surface area contributed by atoms with E-state index >= 15 is 0 Å². The molecule has 0 aromatic heterocycles. The Bertz CT molecular complexity index is 153. The molecule has 4 nitrogen and oxygen atoms in total. The fraction of sp³-hybridized carbons (Fsp3) is 0. The summed E-state index contributed by atoms with van der Waals surface area (Å²) in [4.78, 5) is 8.78. The second-order valence-electron chi connectivity index (χ2n) is 1.15. The van der Waals surface area contributed by atoms with Crippen molar-refractivity contribution in [1.29, 1.82) is 0 Å². The summed E-state index contributed by atoms with van der Waals surface area (Å²) >= 11 is 0. The summed E-state index contributed by atoms with van der Waals surface area (Å²) in [6, 6.07) is -2.38. The number of rotatable bonds is 2. The Balaban J connectivity index is 0. The molecule has 6 heteroatoms. The van der Waals surface area contributed by atoms with Gasteiger partial charge in [-0.15, -0.1) is 0 Å². The van der Waals surface area contributed by atoms with Crippen LogP contribution in [0, 0.1) is 0 Å². The van der Waals surface area contributed by atoms with Crippen LogP contribution in [0.2, 0.25) is 0 Å². The summed E-state index contributed by atoms with van der Waals surface area (Å²) in [5.74, 6) is 0. The highest BCUT2D eigenvalue weighted by atomic mass is 19.2. The van der Waals surface area contributed by atoms with E-state index < -0.39 is 18.1 Å². The van der Waals surface area contributed by atoms with Crippen molar-refractivity contribution in [2.45, 2.75) is 0 Å². The van der Waals surface area contributed by atoms with Crippen LogP contribution in [0.15, 0.2) is 25.2 Å². The molecule has 3 N–H and O–H groups in total. The van der Waals surface area contributed by atoms with E-state index in [1.54, 1.807) is 0 Å². The molecule has 0 bridgehead atoms. The molecule has 0 atom stereocenters. The first-order valence-corrected chi connectivity index (χ1v) is 2.21. The quantitative estimate of drug-likeness (QED) is 0.612. The van der Waals surface area contributed by atoms with Crippen LogP contribution in [0.5, 0.6) is 0 Å². The van der Waals surface area contributed by atoms with E-state index in [0.29, 0.717) is 0 Å². The van der Waals surface area contributed by atoms with Gasteiger partial charge in [0.15, 0.2) is 0 Å². The first-order valence-electron chi connectivity index (χ1n) is 2.21. The second-order valence-corrected chi connectivity index (χ2v) is 1.15. The number of carbonyl (C=O) groups is 1. The molecule has 0 unspecified atom stereocenters. The highest BCUT2D eigenvalue weighted by Gasteiger charge is 1.89. The Morgan fingerprint density at radius 1 is 1.36 bits per heavy atom. The Morgan fingerprint density at radius 2 is 1.55 bits per heavy atom. The SMILES string of the molecule is C=C(F)OC(=C)F.NC(=O)O. The monoisotopic (exact) mass is 167 g/mol. The first-order chi connectivity index (χ1) is 4.86. The number of hydrogen-bond acceptors (Lipinski definition) is 2. The molecule has 0 aromatic carbocycles. The lowest BCUT2D eigenvalue weighted by molar-refractivity contribution is 0.158. The minimum absolute atomic E-state index is 1.19. The molecule has 0 spiro atoms. The summed E-state index contributed by atoms with van der Waals surface area (Å²) < 4.78 is 26.0. The van der Waals surface area contributed by atoms with E-state index in [1.165, 1.54) is 0 Å². The van der Waals surface area contributed by atoms with Gasteiger partial charge in [0.2, 0.25) is 0 Å². The summed E-state index contributed by atoms with van der Waals surface area (Å²) in [6.07, 6.45) is -1.33. The first kappa shape index (κ1) is 12.1. The zero-order chi connectivity index (χ0) is 9.44. The van der Waals surface area contributed by atoms with Crippen molar-refractivity contribution in [3.05, 3.63) is 25.2 Å². The minimum atomic E-state index is -1.33. The normalized spacial score (nSPS) is 7.09. The van der Waals surface area contributed by atoms with Crippen molar-refractivity contribution in [1.82, 2.24) is 0 Å². The Hall–Kier alpha value is -1.59. The van der Waals surface area contributed by atoms with Gasteiger partial charge < -0.3 is 15.6 Å². The van der Waals surface area contributed by atoms with Crippen LogP contribution in [0.1, 0.15) is 0 Å². The molecule has 0 aliphatic heterocycles. The number of halogens is 2. The van der Waals surface area contributed by atoms with Crippen LogP contribution < -0.4 is 5.73 Å². The van der Waals surface area contributed by atoms with Crippen molar-refractivity contribution in [3.63, 3.8) is 0 Å². The van der Waals surface area contributed by atoms with Gasteiger partial charge in [0, 0.05) is 0 Å². The number of carboxylic acid groups (broad SMARTS) is 1. The van der Waals surface area contributed by atoms with Crippen LogP contribution in [-0.2, 0) is 4.74 Å². The van der Waals surface area contributed by atoms with Crippen LogP contribution in [-0.4, -0.2) is 11.2 Å². The molecule has 0 rings (SSSR count). The summed E-state index contributed by atoms with van der Waals surface area (Å²) in [5.41, 5.74) is 4.03. The van der Waals surface area contributed by atoms with Gasteiger partial charge in [-0.2, -0.15) is 8.78 Å². The van der Waals surface area contributed by atoms with Crippen molar-refractivity contribution in [3.8, 4) is 0 Å². The summed E-state index contributed by atoms with van der Waals surface area (Å²) in [7, 11) is 0. The van der Waals surface area contributed by atoms with E-state index in [2.05, 4.69) is 23.6 Å². The zero-order valence-corrected chi connectivity index (χ0v) is 5.51. The third kappa shape index (κ3) is 59.5. The van der Waals surface area contributed by atoms with Gasteiger partial charge in [-0.3, -0.25) is 0 Å². The molecular weight excluding hydrogens is 160 g/mol. The van der Waals surface area contributed by atoms with Crippen molar-refractivity contribution < 1.29 is 23.4 Å². The fourth-order valence-electron chi connectivity index (χ4n) is 0.120. The van der Waals surface area contributed by atoms with Gasteiger partial charge in [0.25, 0.3) is 12.0 Å². The molecule has 0 saturated heterocycles. The van der Waals surface area contributed by atoms with Gasteiger partial charge in [0.05, 0.1) is 0 Å². The average Bonchev–Trinajstić information content (AvgIpc) is 1.56. The molecule has 11 heavy (non-hydrogen) atoms. The van der Waals surface area contributed by atoms with Crippen molar-refractivity contribution in [2.24, 2.45) is 5.73 Å². The predicted octanol–water partition coefficient (Wildman–Crippen LogP) is 1.51.